The summed E-state index contributed by atoms with van der Waals surface area (Å²) in [7, 11) is 0. The Labute approximate surface area is 53.9 Å². The van der Waals surface area contributed by atoms with Crippen LogP contribution in [0.3, 0.4) is 0 Å². The van der Waals surface area contributed by atoms with E-state index in [2.05, 4.69) is 5.32 Å². The lowest BCUT2D eigenvalue weighted by molar-refractivity contribution is -0.114. The molecule has 4 heteroatoms. The predicted octanol–water partition coefficient (Wildman–Crippen LogP) is -0.899. The first-order valence-electron chi connectivity index (χ1n) is 2.72. The van der Waals surface area contributed by atoms with Crippen LogP contribution < -0.4 is 11.1 Å². The highest BCUT2D eigenvalue weighted by Gasteiger charge is 1.99. The van der Waals surface area contributed by atoms with Gasteiger partial charge >= 0.3 is 0 Å². The summed E-state index contributed by atoms with van der Waals surface area (Å²) in [4.78, 5) is 10.5. The van der Waals surface area contributed by atoms with Gasteiger partial charge in [-0.3, -0.25) is 10.2 Å². The van der Waals surface area contributed by atoms with Crippen molar-refractivity contribution in [3.05, 3.63) is 0 Å². The maximum absolute atomic E-state index is 10.5. The standard InChI is InChI=1S/C5H11N3O/c1-4(7)5(9)8-3-2-6/h7H,2-3,6H2,1H3,(H,8,9). The Morgan fingerprint density at radius 1 is 1.78 bits per heavy atom. The van der Waals surface area contributed by atoms with E-state index in [0.29, 0.717) is 13.1 Å². The third kappa shape index (κ3) is 3.66. The van der Waals surface area contributed by atoms with E-state index in [4.69, 9.17) is 11.1 Å². The molecule has 0 heterocycles. The Balaban J connectivity index is 3.39. The lowest BCUT2D eigenvalue weighted by atomic mass is 10.4. The summed E-state index contributed by atoms with van der Waals surface area (Å²) in [6.45, 7) is 2.29. The van der Waals surface area contributed by atoms with Crippen LogP contribution in [0.2, 0.25) is 0 Å². The fourth-order valence-electron chi connectivity index (χ4n) is 0.318. The molecule has 4 nitrogen and oxygen atoms in total. The molecule has 52 valence electrons. The Morgan fingerprint density at radius 2 is 2.33 bits per heavy atom. The second-order valence-electron chi connectivity index (χ2n) is 1.67. The zero-order valence-electron chi connectivity index (χ0n) is 5.40. The lowest BCUT2D eigenvalue weighted by Crippen LogP contribution is -2.32. The third-order valence-electron chi connectivity index (χ3n) is 0.770. The summed E-state index contributed by atoms with van der Waals surface area (Å²) in [6.07, 6.45) is 0. The van der Waals surface area contributed by atoms with Gasteiger partial charge in [0.15, 0.2) is 0 Å². The number of carbonyl (C=O) groups excluding carboxylic acids is 1. The SMILES string of the molecule is CC(=N)C(=O)NCCN. The number of hydrogen-bond acceptors (Lipinski definition) is 3. The molecule has 0 aromatic carbocycles. The van der Waals surface area contributed by atoms with Crippen molar-refractivity contribution in [3.8, 4) is 0 Å². The van der Waals surface area contributed by atoms with Crippen LogP contribution in [0.25, 0.3) is 0 Å². The van der Waals surface area contributed by atoms with Gasteiger partial charge in [-0.05, 0) is 6.92 Å². The lowest BCUT2D eigenvalue weighted by Gasteiger charge is -1.98. The van der Waals surface area contributed by atoms with Gasteiger partial charge in [0, 0.05) is 13.1 Å². The van der Waals surface area contributed by atoms with Crippen molar-refractivity contribution in [1.29, 1.82) is 5.41 Å². The second-order valence-corrected chi connectivity index (χ2v) is 1.67. The molecule has 0 unspecified atom stereocenters. The quantitative estimate of drug-likeness (QED) is 0.432. The molecule has 1 amide bonds. The van der Waals surface area contributed by atoms with E-state index in [1.54, 1.807) is 0 Å². The van der Waals surface area contributed by atoms with Crippen LogP contribution in [0.4, 0.5) is 0 Å². The second kappa shape index (κ2) is 4.03. The van der Waals surface area contributed by atoms with Gasteiger partial charge in [0.2, 0.25) is 0 Å². The molecular formula is C5H11N3O. The molecule has 0 aliphatic rings. The van der Waals surface area contributed by atoms with Gasteiger partial charge in [-0.15, -0.1) is 0 Å². The van der Waals surface area contributed by atoms with E-state index in [1.807, 2.05) is 0 Å². The molecule has 9 heavy (non-hydrogen) atoms. The van der Waals surface area contributed by atoms with Crippen molar-refractivity contribution in [2.45, 2.75) is 6.92 Å². The smallest absolute Gasteiger partial charge is 0.264 e. The molecule has 0 aliphatic heterocycles. The Kier molecular flexibility index (Phi) is 3.62. The number of nitrogens with two attached hydrogens (primary N) is 1. The van der Waals surface area contributed by atoms with Crippen molar-refractivity contribution in [3.63, 3.8) is 0 Å². The predicted molar refractivity (Wildman–Crippen MR) is 35.5 cm³/mol. The monoisotopic (exact) mass is 129 g/mol. The minimum Gasteiger partial charge on any atom is -0.350 e. The Morgan fingerprint density at radius 3 is 2.67 bits per heavy atom. The van der Waals surface area contributed by atoms with Crippen LogP contribution in [0.1, 0.15) is 6.92 Å². The number of amides is 1. The number of rotatable bonds is 3. The van der Waals surface area contributed by atoms with Crippen molar-refractivity contribution in [2.24, 2.45) is 5.73 Å². The molecular weight excluding hydrogens is 118 g/mol. The van der Waals surface area contributed by atoms with Crippen LogP contribution >= 0.6 is 0 Å². The van der Waals surface area contributed by atoms with Gasteiger partial charge in [-0.1, -0.05) is 0 Å². The largest absolute Gasteiger partial charge is 0.350 e. The first kappa shape index (κ1) is 8.10. The molecule has 0 saturated carbocycles. The summed E-state index contributed by atoms with van der Waals surface area (Å²) < 4.78 is 0. The Bertz CT molecular complexity index is 121. The molecule has 0 fully saturated rings. The minimum atomic E-state index is -0.347. The summed E-state index contributed by atoms with van der Waals surface area (Å²) in [5, 5.41) is 9.27. The van der Waals surface area contributed by atoms with Crippen LogP contribution in [0, 0.1) is 5.41 Å². The molecule has 0 aliphatic carbocycles. The fraction of sp³-hybridized carbons (Fsp3) is 0.600. The molecule has 0 aromatic heterocycles. The van der Waals surface area contributed by atoms with E-state index >= 15 is 0 Å². The van der Waals surface area contributed by atoms with Gasteiger partial charge in [-0.25, -0.2) is 0 Å². The first-order valence-corrected chi connectivity index (χ1v) is 2.72. The minimum absolute atomic E-state index is 0.0171. The van der Waals surface area contributed by atoms with Crippen LogP contribution in [0.15, 0.2) is 0 Å². The fourth-order valence-corrected chi connectivity index (χ4v) is 0.318. The zero-order chi connectivity index (χ0) is 7.28. The summed E-state index contributed by atoms with van der Waals surface area (Å²) >= 11 is 0. The van der Waals surface area contributed by atoms with E-state index in [1.165, 1.54) is 6.92 Å². The summed E-state index contributed by atoms with van der Waals surface area (Å²) in [6, 6.07) is 0. The highest BCUT2D eigenvalue weighted by Crippen LogP contribution is 1.67. The van der Waals surface area contributed by atoms with Gasteiger partial charge in [0.25, 0.3) is 5.91 Å². The topological polar surface area (TPSA) is 79.0 Å². The van der Waals surface area contributed by atoms with Crippen LogP contribution in [-0.4, -0.2) is 24.7 Å². The average Bonchev–Trinajstić information content (AvgIpc) is 1.82. The van der Waals surface area contributed by atoms with E-state index < -0.39 is 0 Å². The molecule has 0 aromatic rings. The number of hydrogen-bond donors (Lipinski definition) is 3. The first-order chi connectivity index (χ1) is 4.18. The normalized spacial score (nSPS) is 8.67. The molecule has 0 atom stereocenters. The van der Waals surface area contributed by atoms with Crippen LogP contribution in [-0.2, 0) is 4.79 Å². The number of nitrogens with one attached hydrogen (secondary N) is 2. The third-order valence-corrected chi connectivity index (χ3v) is 0.770. The maximum Gasteiger partial charge on any atom is 0.264 e. The van der Waals surface area contributed by atoms with Gasteiger partial charge in [0.05, 0.1) is 5.71 Å². The summed E-state index contributed by atoms with van der Waals surface area (Å²) in [5.74, 6) is -0.347. The van der Waals surface area contributed by atoms with Crippen molar-refractivity contribution < 1.29 is 4.79 Å². The number of carbonyl (C=O) groups is 1. The zero-order valence-corrected chi connectivity index (χ0v) is 5.40. The maximum atomic E-state index is 10.5. The highest BCUT2D eigenvalue weighted by molar-refractivity contribution is 6.36. The van der Waals surface area contributed by atoms with Crippen LogP contribution in [0.5, 0.6) is 0 Å². The molecule has 4 N–H and O–H groups in total. The van der Waals surface area contributed by atoms with Crippen molar-refractivity contribution in [1.82, 2.24) is 5.32 Å². The Hall–Kier alpha value is -0.900. The van der Waals surface area contributed by atoms with E-state index in [9.17, 15) is 4.79 Å². The average molecular weight is 129 g/mol. The van der Waals surface area contributed by atoms with Crippen molar-refractivity contribution >= 4 is 11.6 Å². The molecule has 0 saturated heterocycles. The van der Waals surface area contributed by atoms with E-state index in [-0.39, 0.29) is 11.6 Å². The molecule has 0 bridgehead atoms. The highest BCUT2D eigenvalue weighted by atomic mass is 16.1. The van der Waals surface area contributed by atoms with Crippen molar-refractivity contribution in [2.75, 3.05) is 13.1 Å². The van der Waals surface area contributed by atoms with E-state index in [0.717, 1.165) is 0 Å². The summed E-state index contributed by atoms with van der Waals surface area (Å²) in [5.41, 5.74) is 5.11. The molecule has 0 spiro atoms. The molecule has 0 radical (unpaired) electrons. The van der Waals surface area contributed by atoms with Gasteiger partial charge in [0.1, 0.15) is 0 Å². The molecule has 0 rings (SSSR count). The van der Waals surface area contributed by atoms with Gasteiger partial charge < -0.3 is 11.1 Å². The van der Waals surface area contributed by atoms with Gasteiger partial charge in [-0.2, -0.15) is 0 Å².